The molecule has 1 aliphatic rings. The van der Waals surface area contributed by atoms with E-state index in [1.54, 1.807) is 6.26 Å². The molecule has 0 aliphatic heterocycles. The summed E-state index contributed by atoms with van der Waals surface area (Å²) in [5, 5.41) is 4.40. The van der Waals surface area contributed by atoms with Crippen LogP contribution in [-0.2, 0) is 5.41 Å². The minimum Gasteiger partial charge on any atom is -0.368 e. The number of hydrogen-bond donors (Lipinski definition) is 0. The van der Waals surface area contributed by atoms with Crippen LogP contribution in [0, 0.1) is 0 Å². The van der Waals surface area contributed by atoms with E-state index in [0.717, 1.165) is 30.9 Å². The summed E-state index contributed by atoms with van der Waals surface area (Å²) in [6.45, 7) is 10.9. The van der Waals surface area contributed by atoms with Crippen molar-refractivity contribution in [3.05, 3.63) is 47.3 Å². The van der Waals surface area contributed by atoms with E-state index in [2.05, 4.69) is 62.0 Å². The summed E-state index contributed by atoms with van der Waals surface area (Å²) in [7, 11) is 0. The first-order valence-electron chi connectivity index (χ1n) is 7.91. The lowest BCUT2D eigenvalue weighted by Crippen LogP contribution is -2.28. The first-order valence-corrected chi connectivity index (χ1v) is 7.91. The molecule has 0 saturated heterocycles. The molecule has 0 bridgehead atoms. The second kappa shape index (κ2) is 5.21. The molecule has 3 rings (SSSR count). The third kappa shape index (κ3) is 2.06. The van der Waals surface area contributed by atoms with Crippen LogP contribution in [0.5, 0.6) is 0 Å². The van der Waals surface area contributed by atoms with Crippen LogP contribution in [0.15, 0.2) is 35.1 Å². The van der Waals surface area contributed by atoms with Gasteiger partial charge in [-0.3, -0.25) is 0 Å². The van der Waals surface area contributed by atoms with E-state index in [9.17, 15) is 0 Å². The number of fused-ring (bicyclic) bond motifs is 1. The number of aromatic nitrogens is 1. The molecule has 21 heavy (non-hydrogen) atoms. The first-order chi connectivity index (χ1) is 10.1. The van der Waals surface area contributed by atoms with Crippen LogP contribution in [0.1, 0.15) is 56.9 Å². The van der Waals surface area contributed by atoms with Gasteiger partial charge in [-0.05, 0) is 44.2 Å². The highest BCUT2D eigenvalue weighted by Crippen LogP contribution is 2.51. The molecule has 112 valence electrons. The summed E-state index contributed by atoms with van der Waals surface area (Å²) in [4.78, 5) is 2.32. The summed E-state index contributed by atoms with van der Waals surface area (Å²) >= 11 is 0. The average molecular weight is 284 g/mol. The summed E-state index contributed by atoms with van der Waals surface area (Å²) in [6, 6.07) is 8.77. The lowest BCUT2D eigenvalue weighted by atomic mass is 9.79. The van der Waals surface area contributed by atoms with Crippen LogP contribution in [0.25, 0.3) is 0 Å². The van der Waals surface area contributed by atoms with Crippen molar-refractivity contribution < 1.29 is 4.52 Å². The number of benzene rings is 1. The molecule has 2 aromatic rings. The molecule has 0 spiro atoms. The van der Waals surface area contributed by atoms with Gasteiger partial charge >= 0.3 is 0 Å². The maximum atomic E-state index is 5.37. The maximum absolute atomic E-state index is 5.37. The molecular weight excluding hydrogens is 260 g/mol. The monoisotopic (exact) mass is 284 g/mol. The Kier molecular flexibility index (Phi) is 3.52. The molecule has 3 nitrogen and oxygen atoms in total. The molecule has 0 amide bonds. The molecule has 1 aliphatic carbocycles. The first kappa shape index (κ1) is 14.2. The highest BCUT2D eigenvalue weighted by Gasteiger charge is 2.43. The van der Waals surface area contributed by atoms with E-state index in [0.29, 0.717) is 5.92 Å². The number of nitrogens with zero attached hydrogens (tertiary/aromatic N) is 2. The minimum atomic E-state index is -0.0546. The molecule has 1 aromatic carbocycles. The summed E-state index contributed by atoms with van der Waals surface area (Å²) in [5.41, 5.74) is 5.03. The lowest BCUT2D eigenvalue weighted by Gasteiger charge is -2.28. The van der Waals surface area contributed by atoms with E-state index in [1.165, 1.54) is 11.1 Å². The Labute approximate surface area is 126 Å². The fraction of sp³-hybridized carbons (Fsp3) is 0.500. The van der Waals surface area contributed by atoms with Gasteiger partial charge in [-0.15, -0.1) is 0 Å². The van der Waals surface area contributed by atoms with Crippen LogP contribution in [-0.4, -0.2) is 18.2 Å². The van der Waals surface area contributed by atoms with Crippen molar-refractivity contribution in [3.63, 3.8) is 0 Å². The van der Waals surface area contributed by atoms with Crippen molar-refractivity contribution >= 4 is 5.69 Å². The van der Waals surface area contributed by atoms with Crippen molar-refractivity contribution in [1.82, 2.24) is 5.16 Å². The number of rotatable bonds is 4. The van der Waals surface area contributed by atoms with Gasteiger partial charge in [-0.2, -0.15) is 0 Å². The Hall–Kier alpha value is -1.77. The predicted octanol–water partition coefficient (Wildman–Crippen LogP) is 4.33. The van der Waals surface area contributed by atoms with Gasteiger partial charge in [0.1, 0.15) is 17.6 Å². The van der Waals surface area contributed by atoms with E-state index in [-0.39, 0.29) is 5.41 Å². The van der Waals surface area contributed by atoms with E-state index in [1.807, 2.05) is 0 Å². The van der Waals surface area contributed by atoms with Crippen molar-refractivity contribution in [2.24, 2.45) is 0 Å². The number of hydrogen-bond acceptors (Lipinski definition) is 3. The molecule has 2 unspecified atom stereocenters. The zero-order chi connectivity index (χ0) is 15.0. The SMILES string of the molecule is CCN(CC)c1conc1C1(C)CC(C)c2ccccc21. The van der Waals surface area contributed by atoms with Gasteiger partial charge < -0.3 is 9.42 Å². The molecule has 1 heterocycles. The van der Waals surface area contributed by atoms with Crippen molar-refractivity contribution in [1.29, 1.82) is 0 Å². The Morgan fingerprint density at radius 1 is 1.29 bits per heavy atom. The molecule has 2 atom stereocenters. The van der Waals surface area contributed by atoms with Crippen molar-refractivity contribution in [3.8, 4) is 0 Å². The average Bonchev–Trinajstić information content (AvgIpc) is 3.07. The maximum Gasteiger partial charge on any atom is 0.147 e. The van der Waals surface area contributed by atoms with E-state index >= 15 is 0 Å². The van der Waals surface area contributed by atoms with Gasteiger partial charge in [0.2, 0.25) is 0 Å². The van der Waals surface area contributed by atoms with Gasteiger partial charge in [0.05, 0.1) is 0 Å². The molecule has 3 heteroatoms. The Bertz CT molecular complexity index is 630. The second-order valence-electron chi connectivity index (χ2n) is 6.25. The fourth-order valence-electron chi connectivity index (χ4n) is 3.89. The van der Waals surface area contributed by atoms with Crippen LogP contribution in [0.3, 0.4) is 0 Å². The molecule has 0 radical (unpaired) electrons. The second-order valence-corrected chi connectivity index (χ2v) is 6.25. The normalized spacial score (nSPS) is 24.1. The van der Waals surface area contributed by atoms with Crippen LogP contribution in [0.4, 0.5) is 5.69 Å². The van der Waals surface area contributed by atoms with Crippen LogP contribution < -0.4 is 4.90 Å². The van der Waals surface area contributed by atoms with E-state index < -0.39 is 0 Å². The van der Waals surface area contributed by atoms with Crippen LogP contribution >= 0.6 is 0 Å². The zero-order valence-electron chi connectivity index (χ0n) is 13.4. The summed E-state index contributed by atoms with van der Waals surface area (Å²) in [5.74, 6) is 0.562. The highest BCUT2D eigenvalue weighted by molar-refractivity contribution is 5.58. The Morgan fingerprint density at radius 3 is 2.71 bits per heavy atom. The van der Waals surface area contributed by atoms with Gasteiger partial charge in [0.25, 0.3) is 0 Å². The standard InChI is InChI=1S/C18H24N2O/c1-5-20(6-2)16-12-21-19-17(16)18(4)11-13(3)14-9-7-8-10-15(14)18/h7-10,12-13H,5-6,11H2,1-4H3. The Balaban J connectivity index is 2.12. The van der Waals surface area contributed by atoms with Gasteiger partial charge in [-0.1, -0.05) is 36.3 Å². The van der Waals surface area contributed by atoms with Crippen LogP contribution in [0.2, 0.25) is 0 Å². The third-order valence-electron chi connectivity index (χ3n) is 4.98. The van der Waals surface area contributed by atoms with Gasteiger partial charge in [0.15, 0.2) is 0 Å². The number of anilines is 1. The largest absolute Gasteiger partial charge is 0.368 e. The van der Waals surface area contributed by atoms with Gasteiger partial charge in [-0.25, -0.2) is 0 Å². The highest BCUT2D eigenvalue weighted by atomic mass is 16.5. The molecule has 0 saturated carbocycles. The Morgan fingerprint density at radius 2 is 2.00 bits per heavy atom. The zero-order valence-corrected chi connectivity index (χ0v) is 13.4. The van der Waals surface area contributed by atoms with Crippen molar-refractivity contribution in [2.75, 3.05) is 18.0 Å². The molecule has 0 N–H and O–H groups in total. The summed E-state index contributed by atoms with van der Waals surface area (Å²) < 4.78 is 5.37. The van der Waals surface area contributed by atoms with E-state index in [4.69, 9.17) is 4.52 Å². The molecular formula is C18H24N2O. The van der Waals surface area contributed by atoms with Crippen molar-refractivity contribution in [2.45, 2.75) is 45.4 Å². The summed E-state index contributed by atoms with van der Waals surface area (Å²) in [6.07, 6.45) is 2.90. The van der Waals surface area contributed by atoms with Gasteiger partial charge in [0, 0.05) is 18.5 Å². The lowest BCUT2D eigenvalue weighted by molar-refractivity contribution is 0.388. The molecule has 0 fully saturated rings. The minimum absolute atomic E-state index is 0.0546. The smallest absolute Gasteiger partial charge is 0.147 e. The quantitative estimate of drug-likeness (QED) is 0.836. The fourth-order valence-corrected chi connectivity index (χ4v) is 3.89. The topological polar surface area (TPSA) is 29.3 Å². The third-order valence-corrected chi connectivity index (χ3v) is 4.98. The molecule has 1 aromatic heterocycles. The predicted molar refractivity (Wildman–Crippen MR) is 86.0 cm³/mol.